The summed E-state index contributed by atoms with van der Waals surface area (Å²) >= 11 is 0. The highest BCUT2D eigenvalue weighted by molar-refractivity contribution is 5.74. The van der Waals surface area contributed by atoms with Gasteiger partial charge in [0.05, 0.1) is 6.10 Å². The molecule has 4 nitrogen and oxygen atoms in total. The van der Waals surface area contributed by atoms with Gasteiger partial charge >= 0.3 is 6.03 Å². The molecule has 2 amide bonds. The van der Waals surface area contributed by atoms with E-state index in [9.17, 15) is 9.18 Å². The molecule has 5 heteroatoms. The summed E-state index contributed by atoms with van der Waals surface area (Å²) in [6.07, 6.45) is 1.79. The molecular weight excluding hydrogens is 259 g/mol. The molecule has 1 atom stereocenters. The van der Waals surface area contributed by atoms with Crippen molar-refractivity contribution in [1.29, 1.82) is 0 Å². The van der Waals surface area contributed by atoms with Gasteiger partial charge in [-0.05, 0) is 31.4 Å². The van der Waals surface area contributed by atoms with Crippen LogP contribution in [0.5, 0.6) is 0 Å². The number of nitrogens with one attached hydrogen (secondary N) is 2. The number of hydrogen-bond acceptors (Lipinski definition) is 2. The number of urea groups is 1. The van der Waals surface area contributed by atoms with Crippen molar-refractivity contribution in [3.63, 3.8) is 0 Å². The average molecular weight is 280 g/mol. The molecule has 0 aliphatic heterocycles. The number of carbonyl (C=O) groups is 1. The topological polar surface area (TPSA) is 50.4 Å². The van der Waals surface area contributed by atoms with Crippen LogP contribution < -0.4 is 10.6 Å². The minimum atomic E-state index is -0.239. The van der Waals surface area contributed by atoms with Crippen LogP contribution in [0.3, 0.4) is 0 Å². The molecule has 1 aromatic rings. The molecule has 0 radical (unpaired) electrons. The predicted molar refractivity (Wildman–Crippen MR) is 75.2 cm³/mol. The molecule has 1 aromatic carbocycles. The molecule has 1 saturated carbocycles. The fourth-order valence-electron chi connectivity index (χ4n) is 2.22. The molecule has 20 heavy (non-hydrogen) atoms. The third kappa shape index (κ3) is 3.48. The van der Waals surface area contributed by atoms with Gasteiger partial charge in [0.25, 0.3) is 0 Å². The normalized spacial score (nSPS) is 17.4. The first kappa shape index (κ1) is 14.8. The molecule has 110 valence electrons. The summed E-state index contributed by atoms with van der Waals surface area (Å²) in [5, 5.41) is 5.55. The number of carbonyl (C=O) groups excluding carboxylic acids is 1. The van der Waals surface area contributed by atoms with E-state index >= 15 is 0 Å². The first-order chi connectivity index (χ1) is 9.57. The Kier molecular flexibility index (Phi) is 4.60. The largest absolute Gasteiger partial charge is 0.380 e. The van der Waals surface area contributed by atoms with Crippen molar-refractivity contribution in [3.05, 3.63) is 35.6 Å². The van der Waals surface area contributed by atoms with Gasteiger partial charge in [-0.25, -0.2) is 9.18 Å². The lowest BCUT2D eigenvalue weighted by Gasteiger charge is -2.18. The maximum absolute atomic E-state index is 13.8. The van der Waals surface area contributed by atoms with Gasteiger partial charge in [0.1, 0.15) is 5.82 Å². The maximum atomic E-state index is 13.8. The minimum absolute atomic E-state index is 0.0257. The van der Waals surface area contributed by atoms with Crippen molar-refractivity contribution in [1.82, 2.24) is 10.6 Å². The van der Waals surface area contributed by atoms with Crippen LogP contribution in [0.15, 0.2) is 24.3 Å². The van der Waals surface area contributed by atoms with E-state index in [4.69, 9.17) is 4.74 Å². The molecule has 0 saturated heterocycles. The number of methoxy groups -OCH3 is 1. The minimum Gasteiger partial charge on any atom is -0.380 e. The highest BCUT2D eigenvalue weighted by atomic mass is 19.1. The monoisotopic (exact) mass is 280 g/mol. The Morgan fingerprint density at radius 2 is 2.10 bits per heavy atom. The highest BCUT2D eigenvalue weighted by Gasteiger charge is 2.45. The summed E-state index contributed by atoms with van der Waals surface area (Å²) in [5.41, 5.74) is 0.473. The Hall–Kier alpha value is -1.62. The molecule has 0 heterocycles. The molecular formula is C15H21FN2O2. The van der Waals surface area contributed by atoms with Gasteiger partial charge in [-0.1, -0.05) is 18.2 Å². The van der Waals surface area contributed by atoms with E-state index in [0.29, 0.717) is 18.7 Å². The summed E-state index contributed by atoms with van der Waals surface area (Å²) in [5.74, 6) is -0.194. The molecule has 1 fully saturated rings. The van der Waals surface area contributed by atoms with Crippen molar-refractivity contribution >= 4 is 6.03 Å². The van der Waals surface area contributed by atoms with Gasteiger partial charge in [-0.3, -0.25) is 0 Å². The van der Waals surface area contributed by atoms with Crippen LogP contribution in [0.1, 0.15) is 25.3 Å². The Balaban J connectivity index is 1.85. The van der Waals surface area contributed by atoms with Crippen LogP contribution in [0.4, 0.5) is 9.18 Å². The predicted octanol–water partition coefficient (Wildman–Crippen LogP) is 2.19. The van der Waals surface area contributed by atoms with Crippen LogP contribution in [0.25, 0.3) is 0 Å². The second kappa shape index (κ2) is 6.22. The molecule has 0 spiro atoms. The average Bonchev–Trinajstić information content (AvgIpc) is 3.24. The third-order valence-electron chi connectivity index (χ3n) is 3.84. The van der Waals surface area contributed by atoms with Crippen molar-refractivity contribution in [2.45, 2.75) is 31.3 Å². The van der Waals surface area contributed by atoms with Crippen LogP contribution in [0, 0.1) is 5.82 Å². The summed E-state index contributed by atoms with van der Waals surface area (Å²) in [7, 11) is 1.60. The summed E-state index contributed by atoms with van der Waals surface area (Å²) in [4.78, 5) is 11.7. The van der Waals surface area contributed by atoms with E-state index in [1.54, 1.807) is 19.2 Å². The van der Waals surface area contributed by atoms with Crippen LogP contribution in [-0.4, -0.2) is 32.3 Å². The summed E-state index contributed by atoms with van der Waals surface area (Å²) in [6.45, 7) is 2.79. The molecule has 2 rings (SSSR count). The standard InChI is InChI=1S/C15H21FN2O2/c1-11(20-2)9-17-14(19)18-10-15(7-8-15)12-5-3-4-6-13(12)16/h3-6,11H,7-10H2,1-2H3,(H2,17,18,19)/t11-/m0/s1. The number of ether oxygens (including phenoxy) is 1. The summed E-state index contributed by atoms with van der Waals surface area (Å²) in [6, 6.07) is 6.54. The Morgan fingerprint density at radius 3 is 2.70 bits per heavy atom. The Labute approximate surface area is 118 Å². The zero-order chi connectivity index (χ0) is 14.6. The van der Waals surface area contributed by atoms with Gasteiger partial charge in [-0.2, -0.15) is 0 Å². The number of benzene rings is 1. The molecule has 0 unspecified atom stereocenters. The number of halogens is 1. The number of hydrogen-bond donors (Lipinski definition) is 2. The van der Waals surface area contributed by atoms with Crippen molar-refractivity contribution in [2.24, 2.45) is 0 Å². The fraction of sp³-hybridized carbons (Fsp3) is 0.533. The van der Waals surface area contributed by atoms with E-state index < -0.39 is 0 Å². The zero-order valence-electron chi connectivity index (χ0n) is 11.9. The van der Waals surface area contributed by atoms with E-state index in [1.165, 1.54) is 6.07 Å². The second-order valence-electron chi connectivity index (χ2n) is 5.37. The number of rotatable bonds is 6. The van der Waals surface area contributed by atoms with Crippen molar-refractivity contribution in [2.75, 3.05) is 20.2 Å². The first-order valence-corrected chi connectivity index (χ1v) is 6.87. The van der Waals surface area contributed by atoms with E-state index in [2.05, 4.69) is 10.6 Å². The SMILES string of the molecule is CO[C@@H](C)CNC(=O)NCC1(c2ccccc2F)CC1. The molecule has 2 N–H and O–H groups in total. The van der Waals surface area contributed by atoms with Gasteiger partial charge < -0.3 is 15.4 Å². The maximum Gasteiger partial charge on any atom is 0.314 e. The lowest BCUT2D eigenvalue weighted by molar-refractivity contribution is 0.118. The van der Waals surface area contributed by atoms with Gasteiger partial charge in [0.2, 0.25) is 0 Å². The molecule has 1 aliphatic rings. The van der Waals surface area contributed by atoms with Crippen LogP contribution >= 0.6 is 0 Å². The van der Waals surface area contributed by atoms with Gasteiger partial charge in [-0.15, -0.1) is 0 Å². The second-order valence-corrected chi connectivity index (χ2v) is 5.37. The van der Waals surface area contributed by atoms with Crippen LogP contribution in [-0.2, 0) is 10.2 Å². The van der Waals surface area contributed by atoms with E-state index in [-0.39, 0.29) is 23.4 Å². The lowest BCUT2D eigenvalue weighted by atomic mass is 9.95. The Bertz CT molecular complexity index is 475. The van der Waals surface area contributed by atoms with Crippen molar-refractivity contribution in [3.8, 4) is 0 Å². The quantitative estimate of drug-likeness (QED) is 0.839. The third-order valence-corrected chi connectivity index (χ3v) is 3.84. The van der Waals surface area contributed by atoms with Crippen molar-refractivity contribution < 1.29 is 13.9 Å². The van der Waals surface area contributed by atoms with Crippen LogP contribution in [0.2, 0.25) is 0 Å². The molecule has 0 bridgehead atoms. The Morgan fingerprint density at radius 1 is 1.40 bits per heavy atom. The van der Waals surface area contributed by atoms with Gasteiger partial charge in [0.15, 0.2) is 0 Å². The highest BCUT2D eigenvalue weighted by Crippen LogP contribution is 2.48. The first-order valence-electron chi connectivity index (χ1n) is 6.87. The smallest absolute Gasteiger partial charge is 0.314 e. The summed E-state index contributed by atoms with van der Waals surface area (Å²) < 4.78 is 18.9. The molecule has 1 aliphatic carbocycles. The lowest BCUT2D eigenvalue weighted by Crippen LogP contribution is -2.42. The van der Waals surface area contributed by atoms with Gasteiger partial charge in [0, 0.05) is 25.6 Å². The van der Waals surface area contributed by atoms with E-state index in [0.717, 1.165) is 12.8 Å². The fourth-order valence-corrected chi connectivity index (χ4v) is 2.22. The van der Waals surface area contributed by atoms with E-state index in [1.807, 2.05) is 13.0 Å². The molecule has 0 aromatic heterocycles. The number of amides is 2. The zero-order valence-corrected chi connectivity index (χ0v) is 11.9.